The SMILES string of the molecule is C=C(F)/C=C(\c1[nH]c2ncc(-c3cnc4c(c3)c(=O)c(C(=O)O)cn4C)c(N3CC[C@H]4CN(C)C[C@H]43)c2c1C#N)N(C)C=O. The molecule has 0 saturated carbocycles. The minimum Gasteiger partial charge on any atom is -0.477 e. The second-order valence-electron chi connectivity index (χ2n) is 11.3. The highest BCUT2D eigenvalue weighted by Gasteiger charge is 2.42. The molecule has 0 radical (unpaired) electrons. The van der Waals surface area contributed by atoms with Crippen LogP contribution in [0.25, 0.3) is 38.9 Å². The van der Waals surface area contributed by atoms with Crippen LogP contribution in [0.15, 0.2) is 47.9 Å². The molecular weight excluding hydrogens is 567 g/mol. The highest BCUT2D eigenvalue weighted by Crippen LogP contribution is 2.45. The summed E-state index contributed by atoms with van der Waals surface area (Å²) >= 11 is 0. The van der Waals surface area contributed by atoms with Crippen molar-refractivity contribution in [2.75, 3.05) is 38.6 Å². The average Bonchev–Trinajstić information content (AvgIpc) is 3.68. The van der Waals surface area contributed by atoms with Crippen molar-refractivity contribution in [3.8, 4) is 17.2 Å². The number of rotatable bonds is 7. The quantitative estimate of drug-likeness (QED) is 0.242. The van der Waals surface area contributed by atoms with Crippen LogP contribution in [0.2, 0.25) is 0 Å². The summed E-state index contributed by atoms with van der Waals surface area (Å²) in [5.74, 6) is -1.74. The number of amides is 1. The summed E-state index contributed by atoms with van der Waals surface area (Å²) in [7, 11) is 5.13. The monoisotopic (exact) mass is 596 g/mol. The van der Waals surface area contributed by atoms with Crippen LogP contribution in [0.5, 0.6) is 0 Å². The first-order chi connectivity index (χ1) is 21.0. The Morgan fingerprint density at radius 2 is 2.07 bits per heavy atom. The lowest BCUT2D eigenvalue weighted by molar-refractivity contribution is -0.114. The zero-order chi connectivity index (χ0) is 31.4. The first-order valence-electron chi connectivity index (χ1n) is 13.9. The summed E-state index contributed by atoms with van der Waals surface area (Å²) < 4.78 is 15.6. The summed E-state index contributed by atoms with van der Waals surface area (Å²) in [5.41, 5.74) is 1.92. The van der Waals surface area contributed by atoms with Crippen LogP contribution in [0.3, 0.4) is 0 Å². The smallest absolute Gasteiger partial charge is 0.341 e. The lowest BCUT2D eigenvalue weighted by Gasteiger charge is -2.29. The number of halogens is 1. The summed E-state index contributed by atoms with van der Waals surface area (Å²) in [6.07, 6.45) is 6.97. The fourth-order valence-corrected chi connectivity index (χ4v) is 6.62. The van der Waals surface area contributed by atoms with E-state index in [0.717, 1.165) is 30.5 Å². The van der Waals surface area contributed by atoms with Gasteiger partial charge in [-0.1, -0.05) is 6.58 Å². The molecule has 2 fully saturated rings. The van der Waals surface area contributed by atoms with Crippen LogP contribution < -0.4 is 10.3 Å². The van der Waals surface area contributed by atoms with Crippen LogP contribution in [0.1, 0.15) is 28.0 Å². The summed E-state index contributed by atoms with van der Waals surface area (Å²) in [6, 6.07) is 3.99. The third-order valence-electron chi connectivity index (χ3n) is 8.57. The number of carbonyl (C=O) groups excluding carboxylic acids is 1. The number of nitrogens with one attached hydrogen (secondary N) is 1. The molecule has 1 amide bonds. The lowest BCUT2D eigenvalue weighted by atomic mass is 9.99. The normalized spacial score (nSPS) is 18.5. The molecule has 6 rings (SSSR count). The van der Waals surface area contributed by atoms with E-state index in [2.05, 4.69) is 44.4 Å². The van der Waals surface area contributed by atoms with E-state index in [9.17, 15) is 29.1 Å². The van der Waals surface area contributed by atoms with Crippen LogP contribution in [0, 0.1) is 17.2 Å². The largest absolute Gasteiger partial charge is 0.477 e. The van der Waals surface area contributed by atoms with Gasteiger partial charge in [0.2, 0.25) is 11.8 Å². The van der Waals surface area contributed by atoms with Gasteiger partial charge in [0.25, 0.3) is 0 Å². The predicted molar refractivity (Wildman–Crippen MR) is 163 cm³/mol. The molecule has 6 heterocycles. The van der Waals surface area contributed by atoms with Crippen LogP contribution in [0.4, 0.5) is 10.1 Å². The van der Waals surface area contributed by atoms with E-state index in [0.29, 0.717) is 52.4 Å². The second kappa shape index (κ2) is 10.7. The van der Waals surface area contributed by atoms with Gasteiger partial charge < -0.3 is 29.4 Å². The number of nitriles is 1. The first kappa shape index (κ1) is 28.8. The molecule has 2 aliphatic heterocycles. The molecule has 2 saturated heterocycles. The molecule has 0 spiro atoms. The molecular formula is C31H29FN8O4. The van der Waals surface area contributed by atoms with Crippen LogP contribution in [-0.4, -0.2) is 86.6 Å². The second-order valence-corrected chi connectivity index (χ2v) is 11.3. The Morgan fingerprint density at radius 1 is 1.30 bits per heavy atom. The number of carboxylic acids is 1. The highest BCUT2D eigenvalue weighted by atomic mass is 19.1. The fraction of sp³-hybridized carbons (Fsp3) is 0.290. The molecule has 12 nitrogen and oxygen atoms in total. The third kappa shape index (κ3) is 4.51. The highest BCUT2D eigenvalue weighted by molar-refractivity contribution is 6.05. The zero-order valence-corrected chi connectivity index (χ0v) is 24.3. The Bertz CT molecular complexity index is 2020. The van der Waals surface area contributed by atoms with Gasteiger partial charge in [-0.05, 0) is 31.5 Å². The molecule has 0 aliphatic carbocycles. The number of anilines is 1. The standard InChI is InChI=1S/C31H29FN8O4/c1-16(32)7-23(39(4)15-41)26-20(9-33)25-27(40-6-5-17-12-37(2)14-24(17)40)21(11-34-29(25)36-26)18-8-19-28(42)22(31(43)44)13-38(3)30(19)35-10-18/h7-8,10-11,13,15,17,24H,1,5-6,12,14H2,2-4H3,(H,34,36)(H,43,44)/b23-7+/t17-,24+/m0/s1. The van der Waals surface area contributed by atoms with E-state index in [1.807, 2.05) is 0 Å². The minimum absolute atomic E-state index is 0.103. The van der Waals surface area contributed by atoms with E-state index >= 15 is 0 Å². The van der Waals surface area contributed by atoms with Crippen molar-refractivity contribution in [1.82, 2.24) is 29.3 Å². The van der Waals surface area contributed by atoms with E-state index in [-0.39, 0.29) is 33.9 Å². The van der Waals surface area contributed by atoms with Crippen molar-refractivity contribution < 1.29 is 19.1 Å². The van der Waals surface area contributed by atoms with Gasteiger partial charge in [0.15, 0.2) is 0 Å². The van der Waals surface area contributed by atoms with Crippen LogP contribution in [-0.2, 0) is 11.8 Å². The van der Waals surface area contributed by atoms with E-state index in [4.69, 9.17) is 0 Å². The Morgan fingerprint density at radius 3 is 2.75 bits per heavy atom. The number of likely N-dealkylation sites (N-methyl/N-ethyl adjacent to an activating group) is 1. The van der Waals surface area contributed by atoms with Crippen molar-refractivity contribution in [2.45, 2.75) is 12.5 Å². The Balaban J connectivity index is 1.67. The van der Waals surface area contributed by atoms with Gasteiger partial charge >= 0.3 is 5.97 Å². The number of hydrogen-bond donors (Lipinski definition) is 2. The molecule has 2 N–H and O–H groups in total. The number of aromatic amines is 1. The maximum absolute atomic E-state index is 14.1. The molecule has 0 unspecified atom stereocenters. The number of carbonyl (C=O) groups is 2. The number of carboxylic acid groups (broad SMARTS) is 1. The number of allylic oxidation sites excluding steroid dienone is 2. The maximum Gasteiger partial charge on any atom is 0.341 e. The van der Waals surface area contributed by atoms with Gasteiger partial charge in [-0.2, -0.15) is 5.26 Å². The molecule has 0 bridgehead atoms. The summed E-state index contributed by atoms with van der Waals surface area (Å²) in [6.45, 7) is 5.72. The number of H-pyrrole nitrogens is 1. The van der Waals surface area contributed by atoms with Crippen molar-refractivity contribution in [3.63, 3.8) is 0 Å². The Kier molecular flexibility index (Phi) is 7.01. The molecule has 224 valence electrons. The number of aromatic nitrogens is 4. The number of aryl methyl sites for hydroxylation is 1. The van der Waals surface area contributed by atoms with Crippen LogP contribution >= 0.6 is 0 Å². The number of nitrogens with zero attached hydrogens (tertiary/aromatic N) is 7. The predicted octanol–water partition coefficient (Wildman–Crippen LogP) is 3.10. The van der Waals surface area contributed by atoms with Gasteiger partial charge in [-0.15, -0.1) is 0 Å². The molecule has 4 aromatic rings. The fourth-order valence-electron chi connectivity index (χ4n) is 6.62. The summed E-state index contributed by atoms with van der Waals surface area (Å²) in [5, 5.41) is 20.7. The zero-order valence-electron chi connectivity index (χ0n) is 24.3. The number of pyridine rings is 3. The van der Waals surface area contributed by atoms with Crippen molar-refractivity contribution >= 4 is 45.8 Å². The maximum atomic E-state index is 14.1. The lowest BCUT2D eigenvalue weighted by Crippen LogP contribution is -2.35. The van der Waals surface area contributed by atoms with E-state index in [1.165, 1.54) is 17.8 Å². The summed E-state index contributed by atoms with van der Waals surface area (Å²) in [4.78, 5) is 54.7. The third-order valence-corrected chi connectivity index (χ3v) is 8.57. The van der Waals surface area contributed by atoms with Gasteiger partial charge in [0.1, 0.15) is 28.8 Å². The van der Waals surface area contributed by atoms with Crippen molar-refractivity contribution in [2.24, 2.45) is 13.0 Å². The van der Waals surface area contributed by atoms with E-state index < -0.39 is 17.2 Å². The van der Waals surface area contributed by atoms with Gasteiger partial charge in [-0.25, -0.2) is 19.2 Å². The minimum atomic E-state index is -1.34. The topological polar surface area (TPSA) is 151 Å². The van der Waals surface area contributed by atoms with Crippen molar-refractivity contribution in [1.29, 1.82) is 5.26 Å². The number of aromatic carboxylic acids is 1. The molecule has 0 aromatic carbocycles. The van der Waals surface area contributed by atoms with Gasteiger partial charge in [0.05, 0.1) is 33.4 Å². The van der Waals surface area contributed by atoms with Gasteiger partial charge in [0, 0.05) is 69.5 Å². The van der Waals surface area contributed by atoms with Gasteiger partial charge in [-0.3, -0.25) is 9.59 Å². The average molecular weight is 597 g/mol. The Hall–Kier alpha value is -5.35. The van der Waals surface area contributed by atoms with Crippen molar-refractivity contribution in [3.05, 3.63) is 70.2 Å². The Labute approximate surface area is 250 Å². The number of likely N-dealkylation sites (tertiary alicyclic amines) is 1. The number of fused-ring (bicyclic) bond motifs is 3. The molecule has 2 aliphatic rings. The molecule has 13 heteroatoms. The van der Waals surface area contributed by atoms with E-state index in [1.54, 1.807) is 25.5 Å². The molecule has 44 heavy (non-hydrogen) atoms. The molecule has 2 atom stereocenters. The first-order valence-corrected chi connectivity index (χ1v) is 13.9. The number of hydrogen-bond acceptors (Lipinski definition) is 8. The molecule has 4 aromatic heterocycles.